The number of carbonyl (C=O) groups excluding carboxylic acids is 1. The predicted octanol–water partition coefficient (Wildman–Crippen LogP) is 1.84. The number of hydrogen-bond donors (Lipinski definition) is 1. The van der Waals surface area contributed by atoms with Crippen LogP contribution in [0.15, 0.2) is 24.3 Å². The summed E-state index contributed by atoms with van der Waals surface area (Å²) in [5.74, 6) is 0.0286. The van der Waals surface area contributed by atoms with Crippen LogP contribution in [0, 0.1) is 5.41 Å². The molecule has 0 radical (unpaired) electrons. The summed E-state index contributed by atoms with van der Waals surface area (Å²) >= 11 is 0. The lowest BCUT2D eigenvalue weighted by Gasteiger charge is -2.38. The van der Waals surface area contributed by atoms with E-state index in [0.29, 0.717) is 5.56 Å². The van der Waals surface area contributed by atoms with E-state index in [2.05, 4.69) is 12.2 Å². The minimum Gasteiger partial charge on any atom is -0.384 e. The second kappa shape index (κ2) is 4.98. The van der Waals surface area contributed by atoms with Gasteiger partial charge in [-0.25, -0.2) is 0 Å². The van der Waals surface area contributed by atoms with E-state index in [1.807, 2.05) is 24.3 Å². The SMILES string of the molecule is CN(C)C(=O)c1ccc(NCC2(C)COC2)cc1. The molecular formula is C14H20N2O2. The Hall–Kier alpha value is -1.55. The van der Waals surface area contributed by atoms with Crippen molar-refractivity contribution in [2.75, 3.05) is 39.2 Å². The van der Waals surface area contributed by atoms with Gasteiger partial charge in [0.25, 0.3) is 5.91 Å². The molecule has 1 N–H and O–H groups in total. The third-order valence-corrected chi connectivity index (χ3v) is 3.16. The quantitative estimate of drug-likeness (QED) is 0.884. The predicted molar refractivity (Wildman–Crippen MR) is 71.9 cm³/mol. The van der Waals surface area contributed by atoms with Crippen LogP contribution in [0.5, 0.6) is 0 Å². The molecule has 4 heteroatoms. The third-order valence-electron chi connectivity index (χ3n) is 3.16. The molecule has 1 aliphatic heterocycles. The maximum Gasteiger partial charge on any atom is 0.253 e. The van der Waals surface area contributed by atoms with Crippen LogP contribution in [-0.4, -0.2) is 44.7 Å². The van der Waals surface area contributed by atoms with Crippen LogP contribution >= 0.6 is 0 Å². The fourth-order valence-electron chi connectivity index (χ4n) is 1.86. The van der Waals surface area contributed by atoms with Gasteiger partial charge < -0.3 is 15.0 Å². The number of amides is 1. The first-order valence-corrected chi connectivity index (χ1v) is 6.14. The standard InChI is InChI=1S/C14H20N2O2/c1-14(9-18-10-14)8-15-12-6-4-11(5-7-12)13(17)16(2)3/h4-7,15H,8-10H2,1-3H3. The van der Waals surface area contributed by atoms with E-state index in [0.717, 1.165) is 25.4 Å². The van der Waals surface area contributed by atoms with Gasteiger partial charge in [-0.05, 0) is 24.3 Å². The van der Waals surface area contributed by atoms with E-state index in [9.17, 15) is 4.79 Å². The Labute approximate surface area is 108 Å². The van der Waals surface area contributed by atoms with Gasteiger partial charge in [-0.15, -0.1) is 0 Å². The maximum atomic E-state index is 11.7. The summed E-state index contributed by atoms with van der Waals surface area (Å²) in [4.78, 5) is 13.3. The van der Waals surface area contributed by atoms with E-state index >= 15 is 0 Å². The van der Waals surface area contributed by atoms with Gasteiger partial charge in [-0.1, -0.05) is 6.92 Å². The molecule has 1 saturated heterocycles. The van der Waals surface area contributed by atoms with E-state index in [1.54, 1.807) is 19.0 Å². The van der Waals surface area contributed by atoms with Crippen LogP contribution < -0.4 is 5.32 Å². The van der Waals surface area contributed by atoms with E-state index in [4.69, 9.17) is 4.74 Å². The van der Waals surface area contributed by atoms with Gasteiger partial charge in [0.15, 0.2) is 0 Å². The van der Waals surface area contributed by atoms with Gasteiger partial charge in [0.05, 0.1) is 13.2 Å². The Morgan fingerprint density at radius 2 is 1.94 bits per heavy atom. The average Bonchev–Trinajstić information content (AvgIpc) is 2.33. The molecule has 1 fully saturated rings. The Morgan fingerprint density at radius 1 is 1.33 bits per heavy atom. The second-order valence-corrected chi connectivity index (χ2v) is 5.43. The fraction of sp³-hybridized carbons (Fsp3) is 0.500. The van der Waals surface area contributed by atoms with Crippen molar-refractivity contribution in [3.63, 3.8) is 0 Å². The highest BCUT2D eigenvalue weighted by atomic mass is 16.5. The molecule has 18 heavy (non-hydrogen) atoms. The van der Waals surface area contributed by atoms with Crippen molar-refractivity contribution in [1.82, 2.24) is 4.90 Å². The molecule has 0 unspecified atom stereocenters. The number of carbonyl (C=O) groups is 1. The number of hydrogen-bond acceptors (Lipinski definition) is 3. The van der Waals surface area contributed by atoms with Crippen LogP contribution in [0.25, 0.3) is 0 Å². The summed E-state index contributed by atoms with van der Waals surface area (Å²) in [5.41, 5.74) is 2.00. The molecule has 1 amide bonds. The number of benzene rings is 1. The summed E-state index contributed by atoms with van der Waals surface area (Å²) in [5, 5.41) is 3.38. The molecule has 4 nitrogen and oxygen atoms in total. The zero-order valence-electron chi connectivity index (χ0n) is 11.2. The number of anilines is 1. The molecule has 0 spiro atoms. The van der Waals surface area contributed by atoms with Crippen LogP contribution in [-0.2, 0) is 4.74 Å². The number of nitrogens with one attached hydrogen (secondary N) is 1. The molecule has 0 atom stereocenters. The van der Waals surface area contributed by atoms with E-state index < -0.39 is 0 Å². The van der Waals surface area contributed by atoms with Gasteiger partial charge in [-0.3, -0.25) is 4.79 Å². The molecule has 98 valence electrons. The summed E-state index contributed by atoms with van der Waals surface area (Å²) in [6.45, 7) is 4.73. The maximum absolute atomic E-state index is 11.7. The minimum absolute atomic E-state index is 0.0286. The second-order valence-electron chi connectivity index (χ2n) is 5.43. The lowest BCUT2D eigenvalue weighted by Crippen LogP contribution is -2.45. The van der Waals surface area contributed by atoms with Gasteiger partial charge in [0.2, 0.25) is 0 Å². The molecule has 1 aliphatic rings. The van der Waals surface area contributed by atoms with Crippen LogP contribution in [0.4, 0.5) is 5.69 Å². The molecule has 0 bridgehead atoms. The summed E-state index contributed by atoms with van der Waals surface area (Å²) in [6, 6.07) is 7.59. The molecule has 0 aromatic heterocycles. The lowest BCUT2D eigenvalue weighted by atomic mass is 9.88. The smallest absolute Gasteiger partial charge is 0.253 e. The highest BCUT2D eigenvalue weighted by Gasteiger charge is 2.32. The molecule has 1 heterocycles. The third kappa shape index (κ3) is 2.82. The van der Waals surface area contributed by atoms with Crippen molar-refractivity contribution in [2.45, 2.75) is 6.92 Å². The summed E-state index contributed by atoms with van der Waals surface area (Å²) < 4.78 is 5.21. The van der Waals surface area contributed by atoms with Crippen LogP contribution in [0.1, 0.15) is 17.3 Å². The molecular weight excluding hydrogens is 228 g/mol. The minimum atomic E-state index is 0.0286. The fourth-order valence-corrected chi connectivity index (χ4v) is 1.86. The first kappa shape index (κ1) is 12.9. The zero-order chi connectivity index (χ0) is 13.2. The normalized spacial score (nSPS) is 16.8. The number of nitrogens with zero attached hydrogens (tertiary/aromatic N) is 1. The van der Waals surface area contributed by atoms with Crippen molar-refractivity contribution in [1.29, 1.82) is 0 Å². The molecule has 1 aromatic carbocycles. The Bertz CT molecular complexity index is 422. The lowest BCUT2D eigenvalue weighted by molar-refractivity contribution is -0.0924. The highest BCUT2D eigenvalue weighted by Crippen LogP contribution is 2.26. The number of rotatable bonds is 4. The van der Waals surface area contributed by atoms with E-state index in [1.165, 1.54) is 0 Å². The Kier molecular flexibility index (Phi) is 3.57. The largest absolute Gasteiger partial charge is 0.384 e. The van der Waals surface area contributed by atoms with Gasteiger partial charge in [-0.2, -0.15) is 0 Å². The van der Waals surface area contributed by atoms with Crippen molar-refractivity contribution >= 4 is 11.6 Å². The first-order valence-electron chi connectivity index (χ1n) is 6.14. The number of ether oxygens (including phenoxy) is 1. The van der Waals surface area contributed by atoms with Gasteiger partial charge in [0.1, 0.15) is 0 Å². The van der Waals surface area contributed by atoms with E-state index in [-0.39, 0.29) is 11.3 Å². The summed E-state index contributed by atoms with van der Waals surface area (Å²) in [6.07, 6.45) is 0. The topological polar surface area (TPSA) is 41.6 Å². The van der Waals surface area contributed by atoms with Gasteiger partial charge >= 0.3 is 0 Å². The van der Waals surface area contributed by atoms with Gasteiger partial charge in [0, 0.05) is 37.3 Å². The van der Waals surface area contributed by atoms with Crippen LogP contribution in [0.3, 0.4) is 0 Å². The van der Waals surface area contributed by atoms with Crippen molar-refractivity contribution in [2.24, 2.45) is 5.41 Å². The average molecular weight is 248 g/mol. The van der Waals surface area contributed by atoms with Crippen molar-refractivity contribution in [3.8, 4) is 0 Å². The van der Waals surface area contributed by atoms with Crippen LogP contribution in [0.2, 0.25) is 0 Å². The summed E-state index contributed by atoms with van der Waals surface area (Å²) in [7, 11) is 3.51. The zero-order valence-corrected chi connectivity index (χ0v) is 11.2. The van der Waals surface area contributed by atoms with Crippen molar-refractivity contribution < 1.29 is 9.53 Å². The molecule has 1 aromatic rings. The molecule has 2 rings (SSSR count). The molecule has 0 aliphatic carbocycles. The monoisotopic (exact) mass is 248 g/mol. The Balaban J connectivity index is 1.93. The first-order chi connectivity index (χ1) is 8.50. The highest BCUT2D eigenvalue weighted by molar-refractivity contribution is 5.94. The Morgan fingerprint density at radius 3 is 2.39 bits per heavy atom. The van der Waals surface area contributed by atoms with Crippen molar-refractivity contribution in [3.05, 3.63) is 29.8 Å². The molecule has 0 saturated carbocycles.